The molecule has 0 aliphatic rings. The van der Waals surface area contributed by atoms with Crippen molar-refractivity contribution in [3.8, 4) is 5.75 Å². The minimum atomic E-state index is 0.534. The monoisotopic (exact) mass is 181 g/mol. The van der Waals surface area contributed by atoms with Gasteiger partial charge in [0.2, 0.25) is 0 Å². The zero-order chi connectivity index (χ0) is 9.68. The van der Waals surface area contributed by atoms with Gasteiger partial charge in [-0.3, -0.25) is 0 Å². The SMILES string of the molecule is COc1cc(CCON)ccc1C. The van der Waals surface area contributed by atoms with Gasteiger partial charge >= 0.3 is 0 Å². The molecule has 0 unspecified atom stereocenters. The Morgan fingerprint density at radius 2 is 2.15 bits per heavy atom. The quantitative estimate of drug-likeness (QED) is 0.715. The van der Waals surface area contributed by atoms with E-state index in [1.54, 1.807) is 7.11 Å². The van der Waals surface area contributed by atoms with Gasteiger partial charge in [0.05, 0.1) is 13.7 Å². The first-order chi connectivity index (χ1) is 6.27. The van der Waals surface area contributed by atoms with E-state index in [-0.39, 0.29) is 0 Å². The van der Waals surface area contributed by atoms with E-state index in [0.29, 0.717) is 6.61 Å². The molecule has 0 atom stereocenters. The Hall–Kier alpha value is -1.06. The van der Waals surface area contributed by atoms with Gasteiger partial charge in [-0.1, -0.05) is 12.1 Å². The summed E-state index contributed by atoms with van der Waals surface area (Å²) in [7, 11) is 1.67. The molecule has 0 bridgehead atoms. The molecule has 0 aliphatic carbocycles. The lowest BCUT2D eigenvalue weighted by Crippen LogP contribution is -2.03. The van der Waals surface area contributed by atoms with Gasteiger partial charge in [0, 0.05) is 0 Å². The highest BCUT2D eigenvalue weighted by atomic mass is 16.6. The number of methoxy groups -OCH3 is 1. The van der Waals surface area contributed by atoms with Crippen LogP contribution in [0.25, 0.3) is 0 Å². The van der Waals surface area contributed by atoms with Gasteiger partial charge in [0.1, 0.15) is 5.75 Å². The number of hydrogen-bond donors (Lipinski definition) is 1. The first-order valence-electron chi connectivity index (χ1n) is 4.23. The molecule has 1 aromatic rings. The number of nitrogens with two attached hydrogens (primary N) is 1. The summed E-state index contributed by atoms with van der Waals surface area (Å²) in [5.41, 5.74) is 2.31. The van der Waals surface area contributed by atoms with E-state index >= 15 is 0 Å². The minimum absolute atomic E-state index is 0.534. The van der Waals surface area contributed by atoms with Crippen LogP contribution in [-0.4, -0.2) is 13.7 Å². The topological polar surface area (TPSA) is 44.5 Å². The Kier molecular flexibility index (Phi) is 3.73. The van der Waals surface area contributed by atoms with Gasteiger partial charge < -0.3 is 9.57 Å². The number of hydrogen-bond acceptors (Lipinski definition) is 3. The van der Waals surface area contributed by atoms with Crippen LogP contribution in [0.1, 0.15) is 11.1 Å². The summed E-state index contributed by atoms with van der Waals surface area (Å²) < 4.78 is 5.19. The fourth-order valence-corrected chi connectivity index (χ4v) is 1.20. The summed E-state index contributed by atoms with van der Waals surface area (Å²) in [6.07, 6.45) is 0.813. The average molecular weight is 181 g/mol. The van der Waals surface area contributed by atoms with Crippen molar-refractivity contribution < 1.29 is 9.57 Å². The molecule has 0 radical (unpaired) electrons. The molecule has 0 aliphatic heterocycles. The Balaban J connectivity index is 2.74. The van der Waals surface area contributed by atoms with Crippen LogP contribution < -0.4 is 10.6 Å². The third-order valence-corrected chi connectivity index (χ3v) is 1.98. The van der Waals surface area contributed by atoms with Gasteiger partial charge in [0.15, 0.2) is 0 Å². The second-order valence-electron chi connectivity index (χ2n) is 2.92. The van der Waals surface area contributed by atoms with Crippen molar-refractivity contribution in [1.82, 2.24) is 0 Å². The molecule has 72 valence electrons. The van der Waals surface area contributed by atoms with Gasteiger partial charge in [-0.05, 0) is 30.5 Å². The van der Waals surface area contributed by atoms with Gasteiger partial charge in [-0.2, -0.15) is 0 Å². The lowest BCUT2D eigenvalue weighted by Gasteiger charge is -2.06. The predicted molar refractivity (Wildman–Crippen MR) is 51.6 cm³/mol. The van der Waals surface area contributed by atoms with Crippen molar-refractivity contribution in [1.29, 1.82) is 0 Å². The first kappa shape index (κ1) is 10.0. The molecular formula is C10H15NO2. The molecular weight excluding hydrogens is 166 g/mol. The Morgan fingerprint density at radius 3 is 2.77 bits per heavy atom. The maximum Gasteiger partial charge on any atom is 0.122 e. The van der Waals surface area contributed by atoms with Crippen LogP contribution in [-0.2, 0) is 11.3 Å². The van der Waals surface area contributed by atoms with Crippen molar-refractivity contribution in [2.45, 2.75) is 13.3 Å². The van der Waals surface area contributed by atoms with Crippen LogP contribution in [0.15, 0.2) is 18.2 Å². The summed E-state index contributed by atoms with van der Waals surface area (Å²) >= 11 is 0. The number of aryl methyl sites for hydroxylation is 1. The first-order valence-corrected chi connectivity index (χ1v) is 4.23. The van der Waals surface area contributed by atoms with Gasteiger partial charge in [-0.25, -0.2) is 5.90 Å². The van der Waals surface area contributed by atoms with E-state index in [2.05, 4.69) is 10.9 Å². The largest absolute Gasteiger partial charge is 0.496 e. The maximum atomic E-state index is 5.19. The normalized spacial score (nSPS) is 10.1. The molecule has 0 saturated carbocycles. The second-order valence-corrected chi connectivity index (χ2v) is 2.92. The molecule has 0 heterocycles. The maximum absolute atomic E-state index is 5.19. The molecule has 0 spiro atoms. The van der Waals surface area contributed by atoms with Crippen molar-refractivity contribution in [2.24, 2.45) is 5.90 Å². The molecule has 1 aromatic carbocycles. The van der Waals surface area contributed by atoms with Crippen LogP contribution in [0, 0.1) is 6.92 Å². The molecule has 3 heteroatoms. The highest BCUT2D eigenvalue weighted by Gasteiger charge is 1.99. The molecule has 2 N–H and O–H groups in total. The zero-order valence-electron chi connectivity index (χ0n) is 8.04. The summed E-state index contributed by atoms with van der Waals surface area (Å²) in [5, 5.41) is 0. The summed E-state index contributed by atoms with van der Waals surface area (Å²) in [6, 6.07) is 6.09. The fraction of sp³-hybridized carbons (Fsp3) is 0.400. The third kappa shape index (κ3) is 2.72. The molecule has 3 nitrogen and oxygen atoms in total. The lowest BCUT2D eigenvalue weighted by molar-refractivity contribution is 0.141. The van der Waals surface area contributed by atoms with Crippen LogP contribution >= 0.6 is 0 Å². The van der Waals surface area contributed by atoms with Crippen LogP contribution in [0.3, 0.4) is 0 Å². The van der Waals surface area contributed by atoms with Gasteiger partial charge in [-0.15, -0.1) is 0 Å². The second kappa shape index (κ2) is 4.84. The van der Waals surface area contributed by atoms with Crippen molar-refractivity contribution >= 4 is 0 Å². The summed E-state index contributed by atoms with van der Waals surface area (Å²) in [4.78, 5) is 4.51. The predicted octanol–water partition coefficient (Wildman–Crippen LogP) is 1.44. The molecule has 0 amide bonds. The highest BCUT2D eigenvalue weighted by molar-refractivity contribution is 5.36. The van der Waals surface area contributed by atoms with Crippen molar-refractivity contribution in [3.63, 3.8) is 0 Å². The van der Waals surface area contributed by atoms with E-state index in [1.165, 1.54) is 5.56 Å². The summed E-state index contributed by atoms with van der Waals surface area (Å²) in [5.74, 6) is 5.86. The molecule has 1 rings (SSSR count). The zero-order valence-corrected chi connectivity index (χ0v) is 8.04. The van der Waals surface area contributed by atoms with Crippen molar-refractivity contribution in [3.05, 3.63) is 29.3 Å². The smallest absolute Gasteiger partial charge is 0.122 e. The molecule has 0 fully saturated rings. The molecule has 0 saturated heterocycles. The Labute approximate surface area is 78.4 Å². The lowest BCUT2D eigenvalue weighted by atomic mass is 10.1. The highest BCUT2D eigenvalue weighted by Crippen LogP contribution is 2.18. The minimum Gasteiger partial charge on any atom is -0.496 e. The number of ether oxygens (including phenoxy) is 1. The number of benzene rings is 1. The van der Waals surface area contributed by atoms with E-state index < -0.39 is 0 Å². The van der Waals surface area contributed by atoms with Crippen LogP contribution in [0.2, 0.25) is 0 Å². The molecule has 13 heavy (non-hydrogen) atoms. The van der Waals surface area contributed by atoms with E-state index in [1.807, 2.05) is 19.1 Å². The average Bonchev–Trinajstić information content (AvgIpc) is 2.16. The van der Waals surface area contributed by atoms with E-state index in [9.17, 15) is 0 Å². The standard InChI is InChI=1S/C10H15NO2/c1-8-3-4-9(5-6-13-11)7-10(8)12-2/h3-4,7H,5-6,11H2,1-2H3. The van der Waals surface area contributed by atoms with E-state index in [4.69, 9.17) is 10.6 Å². The van der Waals surface area contributed by atoms with E-state index in [0.717, 1.165) is 17.7 Å². The van der Waals surface area contributed by atoms with Crippen LogP contribution in [0.5, 0.6) is 5.75 Å². The summed E-state index contributed by atoms with van der Waals surface area (Å²) in [6.45, 7) is 2.55. The fourth-order valence-electron chi connectivity index (χ4n) is 1.20. The Morgan fingerprint density at radius 1 is 1.38 bits per heavy atom. The number of rotatable bonds is 4. The Bertz CT molecular complexity index is 274. The van der Waals surface area contributed by atoms with Gasteiger partial charge in [0.25, 0.3) is 0 Å². The van der Waals surface area contributed by atoms with Crippen molar-refractivity contribution in [2.75, 3.05) is 13.7 Å². The molecule has 0 aromatic heterocycles. The third-order valence-electron chi connectivity index (χ3n) is 1.98. The van der Waals surface area contributed by atoms with Crippen LogP contribution in [0.4, 0.5) is 0 Å².